The Labute approximate surface area is 56.0 Å². The van der Waals surface area contributed by atoms with Crippen LogP contribution in [-0.2, 0) is 4.79 Å². The Hall–Kier alpha value is -0.690. The minimum Gasteiger partial charge on any atom is -0.477 e. The van der Waals surface area contributed by atoms with Gasteiger partial charge >= 0.3 is 11.8 Å². The minimum atomic E-state index is -3.53. The quantitative estimate of drug-likeness (QED) is 0.278. The van der Waals surface area contributed by atoms with Gasteiger partial charge in [-0.2, -0.15) is 0 Å². The van der Waals surface area contributed by atoms with Crippen molar-refractivity contribution in [2.75, 3.05) is 0 Å². The second-order valence-corrected chi connectivity index (χ2v) is 2.00. The molecule has 0 aromatic heterocycles. The topological polar surface area (TPSA) is 118 Å². The lowest BCUT2D eigenvalue weighted by Gasteiger charge is -2.27. The van der Waals surface area contributed by atoms with Gasteiger partial charge in [0.2, 0.25) is 5.79 Å². The molecule has 0 rings (SSSR count). The van der Waals surface area contributed by atoms with E-state index in [1.807, 2.05) is 0 Å². The number of carboxylic acid groups (broad SMARTS) is 1. The van der Waals surface area contributed by atoms with Crippen LogP contribution in [0.2, 0.25) is 0 Å². The summed E-state index contributed by atoms with van der Waals surface area (Å²) >= 11 is 0. The molecule has 0 bridgehead atoms. The molecule has 60 valence electrons. The third kappa shape index (κ3) is 1.42. The lowest BCUT2D eigenvalue weighted by molar-refractivity contribution is -0.335. The minimum absolute atomic E-state index is 0.543. The summed E-state index contributed by atoms with van der Waals surface area (Å²) in [6.45, 7) is 0.543. The van der Waals surface area contributed by atoms with Crippen molar-refractivity contribution in [3.63, 3.8) is 0 Å². The lowest BCUT2D eigenvalue weighted by Crippen LogP contribution is -2.57. The summed E-state index contributed by atoms with van der Waals surface area (Å²) in [4.78, 5) is 9.85. The van der Waals surface area contributed by atoms with E-state index >= 15 is 0 Å². The maximum Gasteiger partial charge on any atom is 0.370 e. The molecular formula is C4H8O6. The molecule has 0 atom stereocenters. The van der Waals surface area contributed by atoms with Crippen molar-refractivity contribution < 1.29 is 30.3 Å². The van der Waals surface area contributed by atoms with Crippen molar-refractivity contribution in [3.05, 3.63) is 0 Å². The fraction of sp³-hybridized carbons (Fsp3) is 0.750. The van der Waals surface area contributed by atoms with E-state index in [-0.39, 0.29) is 0 Å². The molecule has 0 aliphatic heterocycles. The number of carbonyl (C=O) groups is 1. The van der Waals surface area contributed by atoms with E-state index in [0.717, 1.165) is 0 Å². The molecule has 0 spiro atoms. The molecule has 0 aromatic carbocycles. The molecule has 0 radical (unpaired) electrons. The molecule has 0 heterocycles. The first-order chi connectivity index (χ1) is 4.19. The Morgan fingerprint density at radius 1 is 1.20 bits per heavy atom. The largest absolute Gasteiger partial charge is 0.477 e. The molecule has 0 aromatic rings. The molecule has 0 unspecified atom stereocenters. The highest BCUT2D eigenvalue weighted by molar-refractivity contribution is 5.76. The summed E-state index contributed by atoms with van der Waals surface area (Å²) in [7, 11) is 0. The van der Waals surface area contributed by atoms with E-state index < -0.39 is 17.5 Å². The Balaban J connectivity index is 4.57. The van der Waals surface area contributed by atoms with Crippen LogP contribution in [0.15, 0.2) is 0 Å². The van der Waals surface area contributed by atoms with Gasteiger partial charge in [-0.15, -0.1) is 0 Å². The highest BCUT2D eigenvalue weighted by Gasteiger charge is 2.50. The lowest BCUT2D eigenvalue weighted by atomic mass is 10.1. The van der Waals surface area contributed by atoms with Crippen molar-refractivity contribution in [3.8, 4) is 0 Å². The van der Waals surface area contributed by atoms with Crippen LogP contribution in [0.5, 0.6) is 0 Å². The Morgan fingerprint density at radius 2 is 1.50 bits per heavy atom. The van der Waals surface area contributed by atoms with Gasteiger partial charge in [-0.3, -0.25) is 0 Å². The number of aliphatic hydroxyl groups is 4. The monoisotopic (exact) mass is 152 g/mol. The van der Waals surface area contributed by atoms with Gasteiger partial charge in [0.05, 0.1) is 0 Å². The molecular weight excluding hydrogens is 144 g/mol. The Bertz CT molecular complexity index is 142. The van der Waals surface area contributed by atoms with Crippen LogP contribution in [0.4, 0.5) is 0 Å². The first kappa shape index (κ1) is 9.31. The molecule has 5 N–H and O–H groups in total. The highest BCUT2D eigenvalue weighted by Crippen LogP contribution is 2.15. The van der Waals surface area contributed by atoms with Gasteiger partial charge in [-0.25, -0.2) is 4.79 Å². The highest BCUT2D eigenvalue weighted by atomic mass is 16.6. The van der Waals surface area contributed by atoms with Gasteiger partial charge in [0.25, 0.3) is 0 Å². The zero-order valence-electron chi connectivity index (χ0n) is 5.14. The molecule has 0 amide bonds. The van der Waals surface area contributed by atoms with Crippen LogP contribution in [-0.4, -0.2) is 43.1 Å². The predicted octanol–water partition coefficient (Wildman–Crippen LogP) is -2.55. The summed E-state index contributed by atoms with van der Waals surface area (Å²) in [6, 6.07) is 0. The average Bonchev–Trinajstić information content (AvgIpc) is 1.62. The third-order valence-corrected chi connectivity index (χ3v) is 0.959. The van der Waals surface area contributed by atoms with E-state index in [4.69, 9.17) is 25.5 Å². The SMILES string of the molecule is CC(O)(O)C(O)(O)C(=O)O. The normalized spacial score (nSPS) is 13.3. The summed E-state index contributed by atoms with van der Waals surface area (Å²) in [5, 5.41) is 41.5. The van der Waals surface area contributed by atoms with E-state index in [0.29, 0.717) is 6.92 Å². The van der Waals surface area contributed by atoms with Gasteiger partial charge in [0.1, 0.15) is 0 Å². The third-order valence-electron chi connectivity index (χ3n) is 0.959. The maximum absolute atomic E-state index is 9.85. The van der Waals surface area contributed by atoms with E-state index in [2.05, 4.69) is 0 Å². The second-order valence-electron chi connectivity index (χ2n) is 2.00. The molecule has 0 saturated heterocycles. The maximum atomic E-state index is 9.85. The molecule has 0 fully saturated rings. The Morgan fingerprint density at radius 3 is 1.50 bits per heavy atom. The number of hydrogen-bond acceptors (Lipinski definition) is 5. The van der Waals surface area contributed by atoms with Crippen molar-refractivity contribution in [2.24, 2.45) is 0 Å². The van der Waals surface area contributed by atoms with Crippen LogP contribution >= 0.6 is 0 Å². The fourth-order valence-electron chi connectivity index (χ4n) is 0.203. The van der Waals surface area contributed by atoms with Crippen molar-refractivity contribution in [1.29, 1.82) is 0 Å². The first-order valence-corrected chi connectivity index (χ1v) is 2.32. The summed E-state index contributed by atoms with van der Waals surface area (Å²) in [5.41, 5.74) is 0. The zero-order valence-corrected chi connectivity index (χ0v) is 5.14. The van der Waals surface area contributed by atoms with E-state index in [9.17, 15) is 4.79 Å². The van der Waals surface area contributed by atoms with Gasteiger partial charge in [-0.1, -0.05) is 0 Å². The molecule has 0 aliphatic rings. The Kier molecular flexibility index (Phi) is 2.02. The fourth-order valence-corrected chi connectivity index (χ4v) is 0.203. The van der Waals surface area contributed by atoms with Crippen molar-refractivity contribution in [2.45, 2.75) is 18.5 Å². The van der Waals surface area contributed by atoms with E-state index in [1.54, 1.807) is 0 Å². The summed E-state index contributed by atoms with van der Waals surface area (Å²) in [5.74, 6) is -8.73. The average molecular weight is 152 g/mol. The van der Waals surface area contributed by atoms with Gasteiger partial charge in [0.15, 0.2) is 0 Å². The molecule has 0 aliphatic carbocycles. The van der Waals surface area contributed by atoms with Crippen LogP contribution in [0.3, 0.4) is 0 Å². The number of hydrogen-bond donors (Lipinski definition) is 5. The van der Waals surface area contributed by atoms with Crippen LogP contribution in [0.1, 0.15) is 6.92 Å². The van der Waals surface area contributed by atoms with Crippen LogP contribution in [0, 0.1) is 0 Å². The van der Waals surface area contributed by atoms with Crippen LogP contribution < -0.4 is 0 Å². The second kappa shape index (κ2) is 2.17. The van der Waals surface area contributed by atoms with Crippen molar-refractivity contribution in [1.82, 2.24) is 0 Å². The zero-order chi connectivity index (χ0) is 8.58. The first-order valence-electron chi connectivity index (χ1n) is 2.32. The summed E-state index contributed by atoms with van der Waals surface area (Å²) < 4.78 is 0. The molecule has 0 saturated carbocycles. The van der Waals surface area contributed by atoms with Crippen LogP contribution in [0.25, 0.3) is 0 Å². The smallest absolute Gasteiger partial charge is 0.370 e. The number of aliphatic carboxylic acids is 1. The standard InChI is InChI=1S/C4H8O6/c1-3(7,8)4(9,10)2(5)6/h7-10H,1H3,(H,5,6). The number of carboxylic acids is 1. The predicted molar refractivity (Wildman–Crippen MR) is 27.6 cm³/mol. The number of rotatable bonds is 2. The molecule has 6 nitrogen and oxygen atoms in total. The molecule has 6 heteroatoms. The van der Waals surface area contributed by atoms with E-state index in [1.165, 1.54) is 0 Å². The van der Waals surface area contributed by atoms with Gasteiger partial charge in [0, 0.05) is 0 Å². The van der Waals surface area contributed by atoms with Gasteiger partial charge < -0.3 is 25.5 Å². The van der Waals surface area contributed by atoms with Gasteiger partial charge in [-0.05, 0) is 6.92 Å². The molecule has 10 heavy (non-hydrogen) atoms. The summed E-state index contributed by atoms with van der Waals surface area (Å²) in [6.07, 6.45) is 0. The van der Waals surface area contributed by atoms with Crippen molar-refractivity contribution >= 4 is 5.97 Å².